The Kier molecular flexibility index (Phi) is 1.06. The molecule has 64 valence electrons. The fourth-order valence-electron chi connectivity index (χ4n) is 1.80. The van der Waals surface area contributed by atoms with Crippen LogP contribution in [0.5, 0.6) is 0 Å². The Morgan fingerprint density at radius 1 is 1.00 bits per heavy atom. The van der Waals surface area contributed by atoms with Crippen LogP contribution in [-0.4, -0.2) is 22.4 Å². The van der Waals surface area contributed by atoms with Gasteiger partial charge in [-0.3, -0.25) is 0 Å². The third-order valence-corrected chi connectivity index (χ3v) is 2.54. The van der Waals surface area contributed by atoms with E-state index in [0.717, 1.165) is 0 Å². The first-order valence-electron chi connectivity index (χ1n) is 3.86. The Morgan fingerprint density at radius 2 is 1.50 bits per heavy atom. The summed E-state index contributed by atoms with van der Waals surface area (Å²) in [4.78, 5) is 0. The maximum Gasteiger partial charge on any atom is 0.117 e. The fraction of sp³-hybridized carbons (Fsp3) is 0.500. The number of furan rings is 1. The van der Waals surface area contributed by atoms with E-state index in [1.54, 1.807) is 0 Å². The van der Waals surface area contributed by atoms with Crippen LogP contribution in [0.25, 0.3) is 0 Å². The van der Waals surface area contributed by atoms with E-state index in [-0.39, 0.29) is 12.2 Å². The molecule has 1 fully saturated rings. The molecule has 12 heavy (non-hydrogen) atoms. The molecule has 3 rings (SSSR count). The van der Waals surface area contributed by atoms with E-state index in [4.69, 9.17) is 9.15 Å². The van der Waals surface area contributed by atoms with E-state index in [1.165, 1.54) is 12.5 Å². The molecule has 4 atom stereocenters. The zero-order valence-electron chi connectivity index (χ0n) is 6.18. The van der Waals surface area contributed by atoms with Gasteiger partial charge >= 0.3 is 0 Å². The van der Waals surface area contributed by atoms with Gasteiger partial charge in [-0.2, -0.15) is 0 Å². The summed E-state index contributed by atoms with van der Waals surface area (Å²) in [6.45, 7) is 0. The first kappa shape index (κ1) is 6.65. The molecular formula is C8H8O4. The Hall–Kier alpha value is -0.840. The molecule has 1 saturated heterocycles. The predicted molar refractivity (Wildman–Crippen MR) is 37.3 cm³/mol. The van der Waals surface area contributed by atoms with Gasteiger partial charge in [-0.15, -0.1) is 0 Å². The van der Waals surface area contributed by atoms with Gasteiger partial charge in [-0.1, -0.05) is 0 Å². The van der Waals surface area contributed by atoms with Gasteiger partial charge in [0.1, 0.15) is 24.4 Å². The molecule has 0 radical (unpaired) electrons. The van der Waals surface area contributed by atoms with E-state index >= 15 is 0 Å². The van der Waals surface area contributed by atoms with E-state index in [2.05, 4.69) is 0 Å². The topological polar surface area (TPSA) is 66.1 Å². The molecule has 0 saturated carbocycles. The molecule has 0 bridgehead atoms. The van der Waals surface area contributed by atoms with Crippen LogP contribution >= 0.6 is 0 Å². The molecule has 1 aliphatic heterocycles. The molecule has 4 heteroatoms. The average Bonchev–Trinajstić information content (AvgIpc) is 2.71. The summed E-state index contributed by atoms with van der Waals surface area (Å²) < 4.78 is 10.0. The lowest BCUT2D eigenvalue weighted by Crippen LogP contribution is -2.20. The number of aliphatic hydroxyl groups is 2. The number of ether oxygens (including phenoxy) is 1. The lowest BCUT2D eigenvalue weighted by atomic mass is 9.91. The lowest BCUT2D eigenvalue weighted by molar-refractivity contribution is 0.120. The summed E-state index contributed by atoms with van der Waals surface area (Å²) in [5.74, 6) is 0. The van der Waals surface area contributed by atoms with Gasteiger partial charge < -0.3 is 19.4 Å². The minimum Gasteiger partial charge on any atom is -0.472 e. The number of epoxide rings is 1. The highest BCUT2D eigenvalue weighted by molar-refractivity contribution is 5.34. The molecule has 1 aliphatic carbocycles. The third-order valence-electron chi connectivity index (χ3n) is 2.54. The number of fused-ring (bicyclic) bond motifs is 2. The molecule has 1 aromatic rings. The second kappa shape index (κ2) is 1.90. The second-order valence-corrected chi connectivity index (χ2v) is 3.24. The predicted octanol–water partition coefficient (Wildman–Crippen LogP) is 0.127. The molecule has 2 heterocycles. The van der Waals surface area contributed by atoms with Crippen LogP contribution in [0.3, 0.4) is 0 Å². The van der Waals surface area contributed by atoms with Crippen molar-refractivity contribution < 1.29 is 19.4 Å². The van der Waals surface area contributed by atoms with Crippen molar-refractivity contribution >= 4 is 0 Å². The zero-order valence-corrected chi connectivity index (χ0v) is 6.18. The summed E-state index contributed by atoms with van der Waals surface area (Å²) in [6, 6.07) is 0. The zero-order chi connectivity index (χ0) is 8.29. The van der Waals surface area contributed by atoms with Crippen LogP contribution < -0.4 is 0 Å². The Bertz CT molecular complexity index is 290. The van der Waals surface area contributed by atoms with Crippen LogP contribution in [0.15, 0.2) is 16.9 Å². The van der Waals surface area contributed by atoms with E-state index in [0.29, 0.717) is 11.1 Å². The largest absolute Gasteiger partial charge is 0.472 e. The highest BCUT2D eigenvalue weighted by Crippen LogP contribution is 2.48. The van der Waals surface area contributed by atoms with Crippen molar-refractivity contribution in [2.45, 2.75) is 24.4 Å². The van der Waals surface area contributed by atoms with Crippen molar-refractivity contribution in [3.05, 3.63) is 23.7 Å². The van der Waals surface area contributed by atoms with Gasteiger partial charge in [-0.05, 0) is 0 Å². The first-order chi connectivity index (χ1) is 5.79. The van der Waals surface area contributed by atoms with Gasteiger partial charge in [-0.25, -0.2) is 0 Å². The highest BCUT2D eigenvalue weighted by atomic mass is 16.6. The maximum atomic E-state index is 9.58. The second-order valence-electron chi connectivity index (χ2n) is 3.24. The highest BCUT2D eigenvalue weighted by Gasteiger charge is 2.55. The van der Waals surface area contributed by atoms with Crippen molar-refractivity contribution in [2.24, 2.45) is 0 Å². The van der Waals surface area contributed by atoms with Crippen LogP contribution in [0, 0.1) is 0 Å². The van der Waals surface area contributed by atoms with Crippen molar-refractivity contribution in [1.82, 2.24) is 0 Å². The van der Waals surface area contributed by atoms with E-state index in [1.807, 2.05) is 0 Å². The quantitative estimate of drug-likeness (QED) is 0.540. The molecule has 4 nitrogen and oxygen atoms in total. The average molecular weight is 168 g/mol. The Labute approximate surface area is 68.4 Å². The number of hydrogen-bond acceptors (Lipinski definition) is 4. The molecule has 0 amide bonds. The number of rotatable bonds is 0. The third kappa shape index (κ3) is 0.628. The van der Waals surface area contributed by atoms with Crippen LogP contribution in [-0.2, 0) is 4.74 Å². The summed E-state index contributed by atoms with van der Waals surface area (Å²) in [7, 11) is 0. The summed E-state index contributed by atoms with van der Waals surface area (Å²) in [6.07, 6.45) is 1.19. The van der Waals surface area contributed by atoms with Crippen LogP contribution in [0.2, 0.25) is 0 Å². The molecule has 0 aromatic carbocycles. The minimum atomic E-state index is -0.632. The normalized spacial score (nSPS) is 43.5. The standard InChI is InChI=1S/C8H8O4/c9-5-3-1-11-2-4(3)6(10)8-7(5)12-8/h1-2,5-10H. The SMILES string of the molecule is OC1c2cocc2C(O)C2OC12. The fourth-order valence-corrected chi connectivity index (χ4v) is 1.80. The van der Waals surface area contributed by atoms with E-state index < -0.39 is 12.2 Å². The van der Waals surface area contributed by atoms with Gasteiger partial charge in [0, 0.05) is 11.1 Å². The van der Waals surface area contributed by atoms with Gasteiger partial charge in [0.2, 0.25) is 0 Å². The number of aliphatic hydroxyl groups excluding tert-OH is 2. The van der Waals surface area contributed by atoms with Gasteiger partial charge in [0.15, 0.2) is 0 Å². The van der Waals surface area contributed by atoms with Crippen molar-refractivity contribution in [2.75, 3.05) is 0 Å². The summed E-state index contributed by atoms with van der Waals surface area (Å²) >= 11 is 0. The monoisotopic (exact) mass is 168 g/mol. The smallest absolute Gasteiger partial charge is 0.117 e. The molecular weight excluding hydrogens is 160 g/mol. The molecule has 1 aromatic heterocycles. The Balaban J connectivity index is 2.13. The Morgan fingerprint density at radius 3 is 2.00 bits per heavy atom. The van der Waals surface area contributed by atoms with Crippen molar-refractivity contribution in [3.63, 3.8) is 0 Å². The molecule has 2 aliphatic rings. The minimum absolute atomic E-state index is 0.231. The van der Waals surface area contributed by atoms with Crippen LogP contribution in [0.4, 0.5) is 0 Å². The summed E-state index contributed by atoms with van der Waals surface area (Å²) in [5.41, 5.74) is 1.31. The van der Waals surface area contributed by atoms with Gasteiger partial charge in [0.25, 0.3) is 0 Å². The molecule has 0 spiro atoms. The van der Waals surface area contributed by atoms with Gasteiger partial charge in [0.05, 0.1) is 12.5 Å². The lowest BCUT2D eigenvalue weighted by Gasteiger charge is -2.16. The molecule has 4 unspecified atom stereocenters. The maximum absolute atomic E-state index is 9.58. The first-order valence-corrected chi connectivity index (χ1v) is 3.86. The van der Waals surface area contributed by atoms with Crippen molar-refractivity contribution in [1.29, 1.82) is 0 Å². The van der Waals surface area contributed by atoms with Crippen LogP contribution in [0.1, 0.15) is 23.3 Å². The van der Waals surface area contributed by atoms with Crippen molar-refractivity contribution in [3.8, 4) is 0 Å². The van der Waals surface area contributed by atoms with E-state index in [9.17, 15) is 10.2 Å². The molecule has 2 N–H and O–H groups in total. The summed E-state index contributed by atoms with van der Waals surface area (Å²) in [5, 5.41) is 19.2. The number of hydrogen-bond donors (Lipinski definition) is 2.